The first kappa shape index (κ1) is 14.1. The number of aromatic nitrogens is 1. The van der Waals surface area contributed by atoms with Crippen molar-refractivity contribution in [3.63, 3.8) is 0 Å². The molecule has 0 aliphatic carbocycles. The minimum absolute atomic E-state index is 0.237. The van der Waals surface area contributed by atoms with Crippen LogP contribution in [0.3, 0.4) is 0 Å². The van der Waals surface area contributed by atoms with Crippen LogP contribution >= 0.6 is 0 Å². The van der Waals surface area contributed by atoms with Gasteiger partial charge in [0.15, 0.2) is 0 Å². The number of hydrogen-bond donors (Lipinski definition) is 1. The number of ether oxygens (including phenoxy) is 1. The summed E-state index contributed by atoms with van der Waals surface area (Å²) in [5.74, 6) is 0. The number of nitrogens with zero attached hydrogens (tertiary/aromatic N) is 1. The van der Waals surface area contributed by atoms with Crippen LogP contribution in [0.25, 0.3) is 10.9 Å². The third kappa shape index (κ3) is 3.58. The quantitative estimate of drug-likeness (QED) is 0.774. The molecule has 2 rings (SSSR count). The number of fused-ring (bicyclic) bond motifs is 1. The smallest absolute Gasteiger partial charge is 0.0722 e. The van der Waals surface area contributed by atoms with Crippen molar-refractivity contribution in [2.45, 2.75) is 39.5 Å². The zero-order chi connectivity index (χ0) is 13.7. The number of hydrogen-bond acceptors (Lipinski definition) is 2. The molecule has 1 aromatic heterocycles. The zero-order valence-electron chi connectivity index (χ0n) is 12.1. The molecule has 0 bridgehead atoms. The summed E-state index contributed by atoms with van der Waals surface area (Å²) in [4.78, 5) is 0. The Hall–Kier alpha value is -1.32. The SMILES string of the molecule is CCCNCc1ccc2c(ccn2CC(C)OC)c1. The maximum Gasteiger partial charge on any atom is 0.0722 e. The Morgan fingerprint density at radius 1 is 1.32 bits per heavy atom. The van der Waals surface area contributed by atoms with Crippen LogP contribution in [0.15, 0.2) is 30.5 Å². The summed E-state index contributed by atoms with van der Waals surface area (Å²) in [6.45, 7) is 7.20. The Morgan fingerprint density at radius 3 is 2.89 bits per heavy atom. The highest BCUT2D eigenvalue weighted by atomic mass is 16.5. The molecule has 0 saturated carbocycles. The molecule has 1 atom stereocenters. The summed E-state index contributed by atoms with van der Waals surface area (Å²) in [7, 11) is 1.76. The molecule has 19 heavy (non-hydrogen) atoms. The molecule has 0 aliphatic heterocycles. The Morgan fingerprint density at radius 2 is 2.16 bits per heavy atom. The fourth-order valence-corrected chi connectivity index (χ4v) is 2.28. The lowest BCUT2D eigenvalue weighted by Crippen LogP contribution is -2.14. The third-order valence-electron chi connectivity index (χ3n) is 3.45. The van der Waals surface area contributed by atoms with E-state index in [0.29, 0.717) is 0 Å². The predicted molar refractivity (Wildman–Crippen MR) is 80.4 cm³/mol. The number of rotatable bonds is 7. The van der Waals surface area contributed by atoms with Crippen LogP contribution in [0, 0.1) is 0 Å². The Kier molecular flexibility index (Phi) is 5.00. The summed E-state index contributed by atoms with van der Waals surface area (Å²) in [5.41, 5.74) is 2.63. The molecule has 1 unspecified atom stereocenters. The molecule has 0 aliphatic rings. The number of benzene rings is 1. The average molecular weight is 260 g/mol. The molecule has 104 valence electrons. The molecule has 0 saturated heterocycles. The van der Waals surface area contributed by atoms with Crippen LogP contribution < -0.4 is 5.32 Å². The molecule has 1 heterocycles. The lowest BCUT2D eigenvalue weighted by atomic mass is 10.1. The fraction of sp³-hybridized carbons (Fsp3) is 0.500. The van der Waals surface area contributed by atoms with E-state index >= 15 is 0 Å². The third-order valence-corrected chi connectivity index (χ3v) is 3.45. The van der Waals surface area contributed by atoms with E-state index in [0.717, 1.165) is 19.6 Å². The van der Waals surface area contributed by atoms with Crippen molar-refractivity contribution in [1.29, 1.82) is 0 Å². The van der Waals surface area contributed by atoms with Gasteiger partial charge >= 0.3 is 0 Å². The van der Waals surface area contributed by atoms with Crippen molar-refractivity contribution in [2.75, 3.05) is 13.7 Å². The van der Waals surface area contributed by atoms with Crippen molar-refractivity contribution >= 4 is 10.9 Å². The van der Waals surface area contributed by atoms with Gasteiger partial charge in [-0.2, -0.15) is 0 Å². The topological polar surface area (TPSA) is 26.2 Å². The molecule has 1 aromatic carbocycles. The van der Waals surface area contributed by atoms with E-state index in [-0.39, 0.29) is 6.10 Å². The van der Waals surface area contributed by atoms with Crippen LogP contribution in [0.1, 0.15) is 25.8 Å². The molecule has 2 aromatic rings. The largest absolute Gasteiger partial charge is 0.380 e. The van der Waals surface area contributed by atoms with E-state index in [1.165, 1.54) is 22.9 Å². The number of methoxy groups -OCH3 is 1. The van der Waals surface area contributed by atoms with Crippen molar-refractivity contribution < 1.29 is 4.74 Å². The maximum absolute atomic E-state index is 5.33. The summed E-state index contributed by atoms with van der Waals surface area (Å²) < 4.78 is 7.59. The predicted octanol–water partition coefficient (Wildman–Crippen LogP) is 3.18. The summed E-state index contributed by atoms with van der Waals surface area (Å²) in [5, 5.41) is 4.74. The van der Waals surface area contributed by atoms with Crippen molar-refractivity contribution in [3.05, 3.63) is 36.0 Å². The minimum atomic E-state index is 0.237. The van der Waals surface area contributed by atoms with E-state index in [2.05, 4.69) is 54.2 Å². The highest BCUT2D eigenvalue weighted by Gasteiger charge is 2.05. The average Bonchev–Trinajstić information content (AvgIpc) is 2.81. The second kappa shape index (κ2) is 6.73. The van der Waals surface area contributed by atoms with Gasteiger partial charge in [0.2, 0.25) is 0 Å². The molecule has 0 amide bonds. The standard InChI is InChI=1S/C16H24N2O/c1-4-8-17-11-14-5-6-16-15(10-14)7-9-18(16)12-13(2)19-3/h5-7,9-10,13,17H,4,8,11-12H2,1-3H3. The molecule has 1 N–H and O–H groups in total. The van der Waals surface area contributed by atoms with Crippen molar-refractivity contribution in [2.24, 2.45) is 0 Å². The number of nitrogens with one attached hydrogen (secondary N) is 1. The normalized spacial score (nSPS) is 13.0. The lowest BCUT2D eigenvalue weighted by Gasteiger charge is -2.12. The van der Waals surface area contributed by atoms with E-state index in [1.807, 2.05) is 0 Å². The summed E-state index contributed by atoms with van der Waals surface area (Å²) in [6, 6.07) is 8.87. The monoisotopic (exact) mass is 260 g/mol. The fourth-order valence-electron chi connectivity index (χ4n) is 2.28. The molecule has 3 heteroatoms. The van der Waals surface area contributed by atoms with E-state index < -0.39 is 0 Å². The molecule has 3 nitrogen and oxygen atoms in total. The highest BCUT2D eigenvalue weighted by Crippen LogP contribution is 2.18. The summed E-state index contributed by atoms with van der Waals surface area (Å²) >= 11 is 0. The Balaban J connectivity index is 2.12. The molecular weight excluding hydrogens is 236 g/mol. The molecule has 0 radical (unpaired) electrons. The first-order valence-electron chi connectivity index (χ1n) is 7.06. The van der Waals surface area contributed by atoms with Gasteiger partial charge in [-0.3, -0.25) is 0 Å². The first-order valence-corrected chi connectivity index (χ1v) is 7.06. The summed E-state index contributed by atoms with van der Waals surface area (Å²) in [6.07, 6.45) is 3.55. The van der Waals surface area contributed by atoms with Gasteiger partial charge in [0, 0.05) is 31.9 Å². The highest BCUT2D eigenvalue weighted by molar-refractivity contribution is 5.80. The van der Waals surface area contributed by atoms with Gasteiger partial charge in [-0.25, -0.2) is 0 Å². The van der Waals surface area contributed by atoms with Gasteiger partial charge in [0.25, 0.3) is 0 Å². The molecular formula is C16H24N2O. The van der Waals surface area contributed by atoms with E-state index in [4.69, 9.17) is 4.74 Å². The van der Waals surface area contributed by atoms with Crippen LogP contribution in [-0.2, 0) is 17.8 Å². The van der Waals surface area contributed by atoms with Gasteiger partial charge in [-0.05, 0) is 49.0 Å². The Bertz CT molecular complexity index is 518. The Labute approximate surface area is 115 Å². The molecule has 0 spiro atoms. The second-order valence-electron chi connectivity index (χ2n) is 5.08. The van der Waals surface area contributed by atoms with Crippen molar-refractivity contribution in [3.8, 4) is 0 Å². The van der Waals surface area contributed by atoms with Crippen molar-refractivity contribution in [1.82, 2.24) is 9.88 Å². The van der Waals surface area contributed by atoms with Gasteiger partial charge in [0.1, 0.15) is 0 Å². The van der Waals surface area contributed by atoms with Gasteiger partial charge in [0.05, 0.1) is 6.10 Å². The maximum atomic E-state index is 5.33. The van der Waals surface area contributed by atoms with E-state index in [9.17, 15) is 0 Å². The van der Waals surface area contributed by atoms with Crippen LogP contribution in [-0.4, -0.2) is 24.3 Å². The molecule has 0 fully saturated rings. The van der Waals surface area contributed by atoms with Crippen LogP contribution in [0.2, 0.25) is 0 Å². The zero-order valence-corrected chi connectivity index (χ0v) is 12.1. The van der Waals surface area contributed by atoms with Crippen LogP contribution in [0.5, 0.6) is 0 Å². The lowest BCUT2D eigenvalue weighted by molar-refractivity contribution is 0.104. The first-order chi connectivity index (χ1) is 9.24. The van der Waals surface area contributed by atoms with Gasteiger partial charge in [-0.1, -0.05) is 13.0 Å². The van der Waals surface area contributed by atoms with Crippen LogP contribution in [0.4, 0.5) is 0 Å². The second-order valence-corrected chi connectivity index (χ2v) is 5.08. The van der Waals surface area contributed by atoms with Gasteiger partial charge < -0.3 is 14.6 Å². The van der Waals surface area contributed by atoms with Gasteiger partial charge in [-0.15, -0.1) is 0 Å². The van der Waals surface area contributed by atoms with E-state index in [1.54, 1.807) is 7.11 Å². The minimum Gasteiger partial charge on any atom is -0.380 e.